The average Bonchev–Trinajstić information content (AvgIpc) is 2.88. The molecule has 0 N–H and O–H groups in total. The van der Waals surface area contributed by atoms with Gasteiger partial charge in [-0.15, -0.1) is 0 Å². The van der Waals surface area contributed by atoms with E-state index in [2.05, 4.69) is 79.3 Å². The molecule has 0 radical (unpaired) electrons. The molecule has 0 saturated carbocycles. The molecule has 3 nitrogen and oxygen atoms in total. The summed E-state index contributed by atoms with van der Waals surface area (Å²) in [6.45, 7) is 6.47. The van der Waals surface area contributed by atoms with Gasteiger partial charge < -0.3 is 0 Å². The summed E-state index contributed by atoms with van der Waals surface area (Å²) in [6, 6.07) is 15.4. The Kier molecular flexibility index (Phi) is 2.76. The Morgan fingerprint density at radius 1 is 0.880 bits per heavy atom. The van der Waals surface area contributed by atoms with E-state index in [-0.39, 0.29) is 0 Å². The molecule has 3 aromatic heterocycles. The van der Waals surface area contributed by atoms with E-state index >= 15 is 0 Å². The van der Waals surface area contributed by atoms with Crippen LogP contribution >= 0.6 is 0 Å². The van der Waals surface area contributed by atoms with Crippen LogP contribution in [0.1, 0.15) is 16.7 Å². The van der Waals surface area contributed by atoms with Gasteiger partial charge in [-0.2, -0.15) is 4.40 Å². The summed E-state index contributed by atoms with van der Waals surface area (Å²) in [5, 5.41) is 2.44. The first-order valence-electron chi connectivity index (χ1n) is 8.65. The quantitative estimate of drug-likeness (QED) is 0.302. The molecule has 0 aliphatic carbocycles. The Bertz CT molecular complexity index is 1330. The van der Waals surface area contributed by atoms with Gasteiger partial charge in [0, 0.05) is 11.6 Å². The topological polar surface area (TPSA) is 21.2 Å². The summed E-state index contributed by atoms with van der Waals surface area (Å²) in [7, 11) is 2.16. The second kappa shape index (κ2) is 4.79. The number of fused-ring (bicyclic) bond motifs is 8. The Labute approximate surface area is 146 Å². The highest BCUT2D eigenvalue weighted by atomic mass is 15.1. The van der Waals surface area contributed by atoms with Crippen LogP contribution in [0.25, 0.3) is 38.5 Å². The highest BCUT2D eigenvalue weighted by Gasteiger charge is 2.24. The van der Waals surface area contributed by atoms with E-state index in [1.807, 2.05) is 6.20 Å². The van der Waals surface area contributed by atoms with Crippen LogP contribution in [0.3, 0.4) is 0 Å². The maximum atomic E-state index is 4.75. The van der Waals surface area contributed by atoms with Gasteiger partial charge in [0.15, 0.2) is 11.0 Å². The van der Waals surface area contributed by atoms with Crippen LogP contribution in [0, 0.1) is 20.8 Å². The lowest BCUT2D eigenvalue weighted by atomic mass is 10.1. The number of hydrogen-bond acceptors (Lipinski definition) is 1. The zero-order valence-corrected chi connectivity index (χ0v) is 15.0. The molecule has 122 valence electrons. The Hall–Kier alpha value is -2.94. The van der Waals surface area contributed by atoms with Crippen molar-refractivity contribution in [2.45, 2.75) is 20.8 Å². The predicted molar refractivity (Wildman–Crippen MR) is 103 cm³/mol. The smallest absolute Gasteiger partial charge is 0.255 e. The molecule has 3 heteroatoms. The molecule has 25 heavy (non-hydrogen) atoms. The van der Waals surface area contributed by atoms with Crippen LogP contribution in [-0.2, 0) is 7.05 Å². The molecule has 0 saturated heterocycles. The third-order valence-electron chi connectivity index (χ3n) is 5.29. The molecule has 0 amide bonds. The van der Waals surface area contributed by atoms with Gasteiger partial charge in [-0.25, -0.2) is 4.57 Å². The van der Waals surface area contributed by atoms with Gasteiger partial charge in [-0.1, -0.05) is 12.1 Å². The third-order valence-corrected chi connectivity index (χ3v) is 5.29. The first kappa shape index (κ1) is 14.4. The number of pyridine rings is 2. The van der Waals surface area contributed by atoms with Crippen molar-refractivity contribution >= 4 is 38.5 Å². The van der Waals surface area contributed by atoms with Crippen molar-refractivity contribution in [1.29, 1.82) is 0 Å². The lowest BCUT2D eigenvalue weighted by Gasteiger charge is -2.06. The number of imidazole rings is 1. The summed E-state index contributed by atoms with van der Waals surface area (Å²) in [5.41, 5.74) is 9.79. The van der Waals surface area contributed by atoms with Gasteiger partial charge in [0.05, 0.1) is 18.0 Å². The zero-order valence-electron chi connectivity index (χ0n) is 15.0. The van der Waals surface area contributed by atoms with E-state index in [9.17, 15) is 0 Å². The van der Waals surface area contributed by atoms with Crippen molar-refractivity contribution < 1.29 is 4.57 Å². The first-order valence-corrected chi connectivity index (χ1v) is 8.65. The molecule has 5 rings (SSSR count). The van der Waals surface area contributed by atoms with E-state index in [4.69, 9.17) is 4.98 Å². The number of nitrogens with zero attached hydrogens (tertiary/aromatic N) is 3. The maximum Gasteiger partial charge on any atom is 0.297 e. The van der Waals surface area contributed by atoms with E-state index in [1.54, 1.807) is 0 Å². The second-order valence-corrected chi connectivity index (χ2v) is 7.08. The van der Waals surface area contributed by atoms with Gasteiger partial charge in [-0.3, -0.25) is 4.98 Å². The molecule has 0 aliphatic heterocycles. The van der Waals surface area contributed by atoms with Gasteiger partial charge in [-0.05, 0) is 67.8 Å². The minimum absolute atomic E-state index is 1.08. The largest absolute Gasteiger partial charge is 0.297 e. The van der Waals surface area contributed by atoms with Crippen LogP contribution in [-0.4, -0.2) is 9.38 Å². The van der Waals surface area contributed by atoms with Gasteiger partial charge in [0.2, 0.25) is 0 Å². The number of hydrogen-bond donors (Lipinski definition) is 0. The molecular formula is C22H20N3+. The van der Waals surface area contributed by atoms with Crippen molar-refractivity contribution in [3.8, 4) is 0 Å². The van der Waals surface area contributed by atoms with Crippen LogP contribution in [0.2, 0.25) is 0 Å². The van der Waals surface area contributed by atoms with Crippen LogP contribution in [0.15, 0.2) is 48.7 Å². The normalized spacial score (nSPS) is 12.0. The molecule has 0 spiro atoms. The lowest BCUT2D eigenvalue weighted by molar-refractivity contribution is -0.617. The van der Waals surface area contributed by atoms with Crippen molar-refractivity contribution in [1.82, 2.24) is 9.38 Å². The van der Waals surface area contributed by atoms with Crippen molar-refractivity contribution in [2.75, 3.05) is 0 Å². The average molecular weight is 326 g/mol. The van der Waals surface area contributed by atoms with Crippen molar-refractivity contribution in [3.05, 3.63) is 65.4 Å². The van der Waals surface area contributed by atoms with Crippen LogP contribution < -0.4 is 4.57 Å². The fourth-order valence-electron chi connectivity index (χ4n) is 4.06. The summed E-state index contributed by atoms with van der Waals surface area (Å²) in [6.07, 6.45) is 1.92. The SMILES string of the molecule is Cc1ccc2c3nccc(C)c3c3n(c2c1)c1ccc(C)cc1[n+]3C. The van der Waals surface area contributed by atoms with Crippen molar-refractivity contribution in [3.63, 3.8) is 0 Å². The summed E-state index contributed by atoms with van der Waals surface area (Å²) >= 11 is 0. The molecule has 5 aromatic rings. The monoisotopic (exact) mass is 326 g/mol. The number of aromatic nitrogens is 3. The minimum atomic E-state index is 1.08. The molecule has 0 bridgehead atoms. The number of aryl methyl sites for hydroxylation is 4. The third kappa shape index (κ3) is 1.81. The zero-order chi connectivity index (χ0) is 17.3. The van der Waals surface area contributed by atoms with Crippen LogP contribution in [0.4, 0.5) is 0 Å². The summed E-state index contributed by atoms with van der Waals surface area (Å²) in [4.78, 5) is 4.75. The number of benzene rings is 2. The van der Waals surface area contributed by atoms with Gasteiger partial charge in [0.25, 0.3) is 5.65 Å². The first-order chi connectivity index (χ1) is 12.1. The van der Waals surface area contributed by atoms with E-state index < -0.39 is 0 Å². The highest BCUT2D eigenvalue weighted by Crippen LogP contribution is 2.32. The molecule has 0 aliphatic rings. The number of rotatable bonds is 0. The fraction of sp³-hybridized carbons (Fsp3) is 0.182. The van der Waals surface area contributed by atoms with E-state index in [0.29, 0.717) is 0 Å². The minimum Gasteiger partial charge on any atom is -0.255 e. The Balaban J connectivity index is 2.26. The molecule has 0 unspecified atom stereocenters. The predicted octanol–water partition coefficient (Wildman–Crippen LogP) is 4.54. The standard InChI is InChI=1S/C22H20N3/c1-13-5-7-16-18(11-13)25-17-8-6-14(2)12-19(17)24(4)22(25)20-15(3)9-10-23-21(16)20/h5-12H,1-4H3/q+1. The van der Waals surface area contributed by atoms with Gasteiger partial charge in [0.1, 0.15) is 5.52 Å². The highest BCUT2D eigenvalue weighted by molar-refractivity contribution is 6.11. The van der Waals surface area contributed by atoms with Crippen molar-refractivity contribution in [2.24, 2.45) is 7.05 Å². The molecular weight excluding hydrogens is 306 g/mol. The fourth-order valence-corrected chi connectivity index (χ4v) is 4.06. The Morgan fingerprint density at radius 3 is 2.48 bits per heavy atom. The molecule has 2 aromatic carbocycles. The molecule has 0 fully saturated rings. The lowest BCUT2D eigenvalue weighted by Crippen LogP contribution is -2.27. The van der Waals surface area contributed by atoms with E-state index in [1.165, 1.54) is 49.7 Å². The van der Waals surface area contributed by atoms with E-state index in [0.717, 1.165) is 5.52 Å². The second-order valence-electron chi connectivity index (χ2n) is 7.08. The maximum absolute atomic E-state index is 4.75. The summed E-state index contributed by atoms with van der Waals surface area (Å²) in [5.74, 6) is 0. The summed E-state index contributed by atoms with van der Waals surface area (Å²) < 4.78 is 4.70. The molecule has 3 heterocycles. The Morgan fingerprint density at radius 2 is 1.64 bits per heavy atom. The van der Waals surface area contributed by atoms with Gasteiger partial charge >= 0.3 is 0 Å². The van der Waals surface area contributed by atoms with Crippen LogP contribution in [0.5, 0.6) is 0 Å². The molecule has 0 atom stereocenters.